The van der Waals surface area contributed by atoms with E-state index in [1.54, 1.807) is 17.9 Å². The molecule has 10 nitrogen and oxygen atoms in total. The Labute approximate surface area is 201 Å². The van der Waals surface area contributed by atoms with Crippen LogP contribution in [-0.4, -0.2) is 39.6 Å². The molecule has 0 amide bonds. The van der Waals surface area contributed by atoms with Gasteiger partial charge in [0.2, 0.25) is 0 Å². The van der Waals surface area contributed by atoms with Crippen molar-refractivity contribution >= 4 is 22.5 Å². The minimum absolute atomic E-state index is 0.331. The summed E-state index contributed by atoms with van der Waals surface area (Å²) in [5, 5.41) is 35.7. The summed E-state index contributed by atoms with van der Waals surface area (Å²) < 4.78 is 3.49. The van der Waals surface area contributed by atoms with Gasteiger partial charge in [-0.2, -0.15) is 15.5 Å². The summed E-state index contributed by atoms with van der Waals surface area (Å²) in [7, 11) is 0. The molecule has 0 fully saturated rings. The summed E-state index contributed by atoms with van der Waals surface area (Å²) >= 11 is 0. The number of aromatic nitrogens is 7. The van der Waals surface area contributed by atoms with Crippen LogP contribution >= 0.6 is 0 Å². The summed E-state index contributed by atoms with van der Waals surface area (Å²) in [5.41, 5.74) is 5.83. The highest BCUT2D eigenvalue weighted by atomic mass is 16.3. The van der Waals surface area contributed by atoms with Crippen LogP contribution in [0.5, 0.6) is 0 Å². The van der Waals surface area contributed by atoms with Crippen LogP contribution in [-0.2, 0) is 0 Å². The first kappa shape index (κ1) is 22.2. The summed E-state index contributed by atoms with van der Waals surface area (Å²) in [4.78, 5) is 9.38. The van der Waals surface area contributed by atoms with Crippen molar-refractivity contribution in [3.05, 3.63) is 77.0 Å². The molecule has 1 aromatic carbocycles. The van der Waals surface area contributed by atoms with Crippen LogP contribution in [0.25, 0.3) is 22.7 Å². The Morgan fingerprint density at radius 3 is 2.57 bits per heavy atom. The highest BCUT2D eigenvalue weighted by Gasteiger charge is 2.19. The third-order valence-electron chi connectivity index (χ3n) is 5.93. The van der Waals surface area contributed by atoms with E-state index in [4.69, 9.17) is 4.98 Å². The van der Waals surface area contributed by atoms with Gasteiger partial charge in [-0.15, -0.1) is 5.10 Å². The number of hydrogen-bond acceptors (Lipinski definition) is 8. The molecule has 4 heterocycles. The molecule has 0 aliphatic carbocycles. The number of fused-ring (bicyclic) bond motifs is 1. The number of nitrogens with one attached hydrogen (secondary N) is 1. The van der Waals surface area contributed by atoms with Crippen molar-refractivity contribution in [1.29, 1.82) is 5.26 Å². The topological polar surface area (TPSA) is 130 Å². The number of rotatable bonds is 5. The lowest BCUT2D eigenvalue weighted by molar-refractivity contribution is 0.198. The second-order valence-electron chi connectivity index (χ2n) is 8.34. The van der Waals surface area contributed by atoms with E-state index >= 15 is 0 Å². The van der Waals surface area contributed by atoms with Crippen LogP contribution in [0.15, 0.2) is 48.8 Å². The zero-order valence-corrected chi connectivity index (χ0v) is 19.7. The molecule has 0 radical (unpaired) electrons. The highest BCUT2D eigenvalue weighted by Crippen LogP contribution is 2.27. The van der Waals surface area contributed by atoms with Gasteiger partial charge in [0.25, 0.3) is 0 Å². The van der Waals surface area contributed by atoms with E-state index in [0.717, 1.165) is 33.7 Å². The number of imidazole rings is 1. The Balaban J connectivity index is 1.56. The molecule has 4 aromatic heterocycles. The maximum Gasteiger partial charge on any atom is 0.166 e. The van der Waals surface area contributed by atoms with Gasteiger partial charge in [-0.1, -0.05) is 0 Å². The number of hydrogen-bond donors (Lipinski definition) is 2. The van der Waals surface area contributed by atoms with Gasteiger partial charge < -0.3 is 10.4 Å². The zero-order chi connectivity index (χ0) is 24.7. The third kappa shape index (κ3) is 3.98. The van der Waals surface area contributed by atoms with E-state index < -0.39 is 6.10 Å². The second-order valence-corrected chi connectivity index (χ2v) is 8.34. The van der Waals surface area contributed by atoms with Crippen LogP contribution in [0, 0.1) is 32.1 Å². The predicted molar refractivity (Wildman–Crippen MR) is 131 cm³/mol. The minimum Gasteiger partial charge on any atom is -0.389 e. The molecule has 0 aliphatic rings. The smallest absolute Gasteiger partial charge is 0.166 e. The number of nitrogens with zero attached hydrogens (tertiary/aromatic N) is 8. The molecule has 0 spiro atoms. The third-order valence-corrected chi connectivity index (χ3v) is 5.93. The lowest BCUT2D eigenvalue weighted by Crippen LogP contribution is -2.11. The Bertz CT molecular complexity index is 1590. The maximum atomic E-state index is 10.4. The van der Waals surface area contributed by atoms with Crippen LogP contribution in [0.4, 0.5) is 11.5 Å². The fraction of sp³-hybridized carbons (Fsp3) is 0.200. The van der Waals surface area contributed by atoms with E-state index in [0.29, 0.717) is 28.7 Å². The fourth-order valence-electron chi connectivity index (χ4n) is 3.86. The highest BCUT2D eigenvalue weighted by molar-refractivity contribution is 5.82. The molecule has 5 rings (SSSR count). The van der Waals surface area contributed by atoms with Gasteiger partial charge in [0.05, 0.1) is 22.8 Å². The SMILES string of the molecule is Cc1ccc(Nc2ccc3c(c2)ncn3-c2ccc(C(C)O)c(-n3nc(C#N)c(C)c3C)n2)nn1. The summed E-state index contributed by atoms with van der Waals surface area (Å²) in [6, 6.07) is 15.4. The average molecular weight is 466 g/mol. The molecule has 5 aromatic rings. The molecule has 1 atom stereocenters. The van der Waals surface area contributed by atoms with Gasteiger partial charge in [-0.3, -0.25) is 4.57 Å². The molecule has 1 unspecified atom stereocenters. The number of nitriles is 1. The van der Waals surface area contributed by atoms with Crippen molar-refractivity contribution < 1.29 is 5.11 Å². The Hall–Kier alpha value is -4.62. The number of aryl methyl sites for hydroxylation is 1. The van der Waals surface area contributed by atoms with Crippen molar-refractivity contribution in [3.63, 3.8) is 0 Å². The van der Waals surface area contributed by atoms with Crippen molar-refractivity contribution in [1.82, 2.24) is 34.5 Å². The first-order valence-corrected chi connectivity index (χ1v) is 11.1. The molecule has 0 saturated carbocycles. The van der Waals surface area contributed by atoms with Gasteiger partial charge in [0.1, 0.15) is 18.2 Å². The molecular weight excluding hydrogens is 442 g/mol. The van der Waals surface area contributed by atoms with E-state index in [9.17, 15) is 10.4 Å². The fourth-order valence-corrected chi connectivity index (χ4v) is 3.86. The van der Waals surface area contributed by atoms with E-state index in [1.165, 1.54) is 0 Å². The number of benzene rings is 1. The van der Waals surface area contributed by atoms with Gasteiger partial charge in [0, 0.05) is 22.5 Å². The molecule has 10 heteroatoms. The number of aliphatic hydroxyl groups excluding tert-OH is 1. The van der Waals surface area contributed by atoms with Crippen molar-refractivity contribution in [2.75, 3.05) is 5.32 Å². The van der Waals surface area contributed by atoms with E-state index in [2.05, 4.69) is 31.7 Å². The standard InChI is InChI=1S/C25H23N9O/c1-14-5-9-23(31-30-14)28-18-6-8-22-20(11-18)27-13-33(22)24-10-7-19(17(4)35)25(29-24)34-16(3)15(2)21(12-26)32-34/h5-11,13,17,35H,1-4H3,(H,28,31). The molecule has 35 heavy (non-hydrogen) atoms. The Kier molecular flexibility index (Phi) is 5.47. The second kappa shape index (κ2) is 8.62. The van der Waals surface area contributed by atoms with Crippen LogP contribution in [0.2, 0.25) is 0 Å². The Morgan fingerprint density at radius 1 is 1.06 bits per heavy atom. The largest absolute Gasteiger partial charge is 0.389 e. The van der Waals surface area contributed by atoms with E-state index in [1.807, 2.05) is 67.8 Å². The lowest BCUT2D eigenvalue weighted by Gasteiger charge is -2.15. The predicted octanol–water partition coefficient (Wildman–Crippen LogP) is 3.99. The molecular formula is C25H23N9O. The summed E-state index contributed by atoms with van der Waals surface area (Å²) in [6.45, 7) is 7.29. The van der Waals surface area contributed by atoms with Crippen LogP contribution in [0.1, 0.15) is 41.2 Å². The maximum absolute atomic E-state index is 10.4. The average Bonchev–Trinajstić information content (AvgIpc) is 3.40. The molecule has 174 valence electrons. The lowest BCUT2D eigenvalue weighted by atomic mass is 10.1. The summed E-state index contributed by atoms with van der Waals surface area (Å²) in [5.74, 6) is 1.73. The summed E-state index contributed by atoms with van der Waals surface area (Å²) in [6.07, 6.45) is 0.940. The number of pyridine rings is 1. The van der Waals surface area contributed by atoms with E-state index in [-0.39, 0.29) is 0 Å². The van der Waals surface area contributed by atoms with Gasteiger partial charge in [0.15, 0.2) is 17.3 Å². The zero-order valence-electron chi connectivity index (χ0n) is 19.7. The van der Waals surface area contributed by atoms with Gasteiger partial charge in [-0.25, -0.2) is 14.6 Å². The molecule has 0 saturated heterocycles. The van der Waals surface area contributed by atoms with Crippen LogP contribution in [0.3, 0.4) is 0 Å². The normalized spacial score (nSPS) is 12.0. The first-order valence-electron chi connectivity index (χ1n) is 11.1. The van der Waals surface area contributed by atoms with Gasteiger partial charge >= 0.3 is 0 Å². The van der Waals surface area contributed by atoms with Gasteiger partial charge in [-0.05, 0) is 70.2 Å². The molecule has 2 N–H and O–H groups in total. The molecule has 0 aliphatic heterocycles. The van der Waals surface area contributed by atoms with Crippen molar-refractivity contribution in [2.45, 2.75) is 33.8 Å². The minimum atomic E-state index is -0.765. The molecule has 0 bridgehead atoms. The Morgan fingerprint density at radius 2 is 1.89 bits per heavy atom. The first-order chi connectivity index (χ1) is 16.9. The number of anilines is 2. The van der Waals surface area contributed by atoms with Crippen LogP contribution < -0.4 is 5.32 Å². The van der Waals surface area contributed by atoms with Crippen molar-refractivity contribution in [3.8, 4) is 17.7 Å². The monoisotopic (exact) mass is 465 g/mol. The quantitative estimate of drug-likeness (QED) is 0.398. The van der Waals surface area contributed by atoms with Crippen molar-refractivity contribution in [2.24, 2.45) is 0 Å². The number of aliphatic hydroxyl groups is 1.